The maximum Gasteiger partial charge on any atom is 0.339 e. The van der Waals surface area contributed by atoms with Crippen LogP contribution in [0.5, 0.6) is 5.75 Å². The Bertz CT molecular complexity index is 742. The van der Waals surface area contributed by atoms with E-state index >= 15 is 0 Å². The van der Waals surface area contributed by atoms with E-state index in [2.05, 4.69) is 15.8 Å². The molecule has 2 rings (SSSR count). The van der Waals surface area contributed by atoms with Gasteiger partial charge in [-0.15, -0.1) is 0 Å². The van der Waals surface area contributed by atoms with E-state index in [-0.39, 0.29) is 6.61 Å². The van der Waals surface area contributed by atoms with Gasteiger partial charge in [-0.2, -0.15) is 5.10 Å². The van der Waals surface area contributed by atoms with Gasteiger partial charge in [0.05, 0.1) is 6.21 Å². The summed E-state index contributed by atoms with van der Waals surface area (Å²) in [5.41, 5.74) is 9.83. The highest BCUT2D eigenvalue weighted by Gasteiger charge is 2.02. The number of hydrogen-bond acceptors (Lipinski definition) is 4. The van der Waals surface area contributed by atoms with E-state index in [0.29, 0.717) is 5.75 Å². The molecule has 0 saturated carbocycles. The lowest BCUT2D eigenvalue weighted by molar-refractivity contribution is -0.119. The minimum atomic E-state index is -0.537. The van der Waals surface area contributed by atoms with Crippen molar-refractivity contribution in [2.75, 3.05) is 11.9 Å². The van der Waals surface area contributed by atoms with Crippen molar-refractivity contribution in [3.05, 3.63) is 59.7 Å². The summed E-state index contributed by atoms with van der Waals surface area (Å²) in [5, 5.41) is 6.57. The molecule has 0 aliphatic carbocycles. The summed E-state index contributed by atoms with van der Waals surface area (Å²) >= 11 is 0. The van der Waals surface area contributed by atoms with Crippen LogP contribution in [0.1, 0.15) is 11.1 Å². The largest absolute Gasteiger partial charge is 0.484 e. The standard InChI is InChI=1S/C17H18N4O3/c1-12-4-2-3-5-15(12)20-17(23)21-19-10-13-6-8-14(9-7-13)24-11-16(18)22/h2-10H,11H2,1H3,(H2,18,22)(H2,20,21,23). The number of hydrogen-bond donors (Lipinski definition) is 3. The summed E-state index contributed by atoms with van der Waals surface area (Å²) in [4.78, 5) is 22.4. The lowest BCUT2D eigenvalue weighted by Gasteiger charge is -2.06. The number of carbonyl (C=O) groups excluding carboxylic acids is 2. The number of aryl methyl sites for hydroxylation is 1. The fraction of sp³-hybridized carbons (Fsp3) is 0.118. The SMILES string of the molecule is Cc1ccccc1NC(=O)NN=Cc1ccc(OCC(N)=O)cc1. The van der Waals surface area contributed by atoms with Gasteiger partial charge in [0.25, 0.3) is 5.91 Å². The van der Waals surface area contributed by atoms with Crippen LogP contribution >= 0.6 is 0 Å². The Morgan fingerprint density at radius 2 is 1.88 bits per heavy atom. The molecule has 7 heteroatoms. The number of primary amides is 1. The van der Waals surface area contributed by atoms with E-state index < -0.39 is 11.9 Å². The van der Waals surface area contributed by atoms with Crippen LogP contribution in [0.3, 0.4) is 0 Å². The number of amides is 3. The number of hydrazone groups is 1. The topological polar surface area (TPSA) is 106 Å². The monoisotopic (exact) mass is 326 g/mol. The second-order valence-electron chi connectivity index (χ2n) is 4.96. The number of rotatable bonds is 6. The van der Waals surface area contributed by atoms with Crippen molar-refractivity contribution in [2.24, 2.45) is 10.8 Å². The average Bonchev–Trinajstić information content (AvgIpc) is 2.56. The van der Waals surface area contributed by atoms with E-state index in [0.717, 1.165) is 16.8 Å². The summed E-state index contributed by atoms with van der Waals surface area (Å²) in [6.07, 6.45) is 1.50. The number of nitrogens with one attached hydrogen (secondary N) is 2. The molecule has 0 fully saturated rings. The fourth-order valence-electron chi connectivity index (χ4n) is 1.83. The van der Waals surface area contributed by atoms with Gasteiger partial charge in [-0.25, -0.2) is 10.2 Å². The number of urea groups is 1. The third-order valence-electron chi connectivity index (χ3n) is 3.03. The van der Waals surface area contributed by atoms with E-state index in [9.17, 15) is 9.59 Å². The maximum absolute atomic E-state index is 11.8. The van der Waals surface area contributed by atoms with Crippen LogP contribution in [0.15, 0.2) is 53.6 Å². The van der Waals surface area contributed by atoms with Crippen LogP contribution < -0.4 is 21.2 Å². The van der Waals surface area contributed by atoms with Gasteiger partial charge < -0.3 is 15.8 Å². The zero-order valence-corrected chi connectivity index (χ0v) is 13.2. The minimum absolute atomic E-state index is 0.173. The van der Waals surface area contributed by atoms with Gasteiger partial charge in [0.2, 0.25) is 0 Å². The van der Waals surface area contributed by atoms with Crippen LogP contribution in [-0.2, 0) is 4.79 Å². The van der Waals surface area contributed by atoms with Gasteiger partial charge in [-0.3, -0.25) is 4.79 Å². The van der Waals surface area contributed by atoms with E-state index in [1.54, 1.807) is 24.3 Å². The predicted molar refractivity (Wildman–Crippen MR) is 92.1 cm³/mol. The first-order valence-corrected chi connectivity index (χ1v) is 7.21. The van der Waals surface area contributed by atoms with Crippen molar-refractivity contribution in [3.63, 3.8) is 0 Å². The van der Waals surface area contributed by atoms with Crippen molar-refractivity contribution < 1.29 is 14.3 Å². The average molecular weight is 326 g/mol. The second-order valence-corrected chi connectivity index (χ2v) is 4.96. The Hall–Kier alpha value is -3.35. The smallest absolute Gasteiger partial charge is 0.339 e. The Morgan fingerprint density at radius 1 is 1.17 bits per heavy atom. The quantitative estimate of drug-likeness (QED) is 0.558. The Balaban J connectivity index is 1.84. The minimum Gasteiger partial charge on any atom is -0.484 e. The molecule has 0 saturated heterocycles. The Morgan fingerprint density at radius 3 is 2.54 bits per heavy atom. The first-order chi connectivity index (χ1) is 11.5. The third kappa shape index (κ3) is 5.45. The summed E-state index contributed by atoms with van der Waals surface area (Å²) in [5.74, 6) is -0.0132. The fourth-order valence-corrected chi connectivity index (χ4v) is 1.83. The number of carbonyl (C=O) groups is 2. The van der Waals surface area contributed by atoms with Gasteiger partial charge in [0.1, 0.15) is 5.75 Å². The van der Waals surface area contributed by atoms with Crippen molar-refractivity contribution in [2.45, 2.75) is 6.92 Å². The summed E-state index contributed by atoms with van der Waals surface area (Å²) in [7, 11) is 0. The molecule has 2 aromatic rings. The number of ether oxygens (including phenoxy) is 1. The Labute approximate surface area is 139 Å². The molecule has 0 spiro atoms. The maximum atomic E-state index is 11.8. The molecular formula is C17H18N4O3. The van der Waals surface area contributed by atoms with Gasteiger partial charge in [-0.05, 0) is 48.4 Å². The van der Waals surface area contributed by atoms with Crippen molar-refractivity contribution in [3.8, 4) is 5.75 Å². The summed E-state index contributed by atoms with van der Waals surface area (Å²) in [6, 6.07) is 13.9. The highest BCUT2D eigenvalue weighted by atomic mass is 16.5. The third-order valence-corrected chi connectivity index (χ3v) is 3.03. The molecule has 24 heavy (non-hydrogen) atoms. The molecule has 4 N–H and O–H groups in total. The number of nitrogens with two attached hydrogens (primary N) is 1. The van der Waals surface area contributed by atoms with Gasteiger partial charge >= 0.3 is 6.03 Å². The molecule has 0 aliphatic rings. The molecule has 0 heterocycles. The van der Waals surface area contributed by atoms with Crippen LogP contribution in [0.25, 0.3) is 0 Å². The molecule has 124 valence electrons. The number of anilines is 1. The van der Waals surface area contributed by atoms with Crippen molar-refractivity contribution in [1.29, 1.82) is 0 Å². The first kappa shape index (κ1) is 17.0. The highest BCUT2D eigenvalue weighted by Crippen LogP contribution is 2.13. The molecule has 0 radical (unpaired) electrons. The molecular weight excluding hydrogens is 308 g/mol. The van der Waals surface area contributed by atoms with Gasteiger partial charge in [0.15, 0.2) is 6.61 Å². The van der Waals surface area contributed by atoms with E-state index in [4.69, 9.17) is 10.5 Å². The van der Waals surface area contributed by atoms with Crippen LogP contribution in [0, 0.1) is 6.92 Å². The number of nitrogens with zero attached hydrogens (tertiary/aromatic N) is 1. The van der Waals surface area contributed by atoms with E-state index in [1.807, 2.05) is 31.2 Å². The summed E-state index contributed by atoms with van der Waals surface area (Å²) in [6.45, 7) is 1.73. The van der Waals surface area contributed by atoms with Crippen LogP contribution in [0.2, 0.25) is 0 Å². The molecule has 3 amide bonds. The number of para-hydroxylation sites is 1. The molecule has 7 nitrogen and oxygen atoms in total. The molecule has 0 unspecified atom stereocenters. The van der Waals surface area contributed by atoms with Crippen molar-refractivity contribution >= 4 is 23.8 Å². The molecule has 0 aromatic heterocycles. The van der Waals surface area contributed by atoms with Gasteiger partial charge in [0, 0.05) is 5.69 Å². The first-order valence-electron chi connectivity index (χ1n) is 7.21. The molecule has 2 aromatic carbocycles. The van der Waals surface area contributed by atoms with Crippen LogP contribution in [0.4, 0.5) is 10.5 Å². The van der Waals surface area contributed by atoms with Gasteiger partial charge in [-0.1, -0.05) is 18.2 Å². The molecule has 0 atom stereocenters. The Kier molecular flexibility index (Phi) is 5.90. The second kappa shape index (κ2) is 8.33. The lowest BCUT2D eigenvalue weighted by atomic mass is 10.2. The molecule has 0 aliphatic heterocycles. The molecule has 0 bridgehead atoms. The predicted octanol–water partition coefficient (Wildman–Crippen LogP) is 2.01. The van der Waals surface area contributed by atoms with Crippen molar-refractivity contribution in [1.82, 2.24) is 5.43 Å². The van der Waals surface area contributed by atoms with Crippen LogP contribution in [-0.4, -0.2) is 24.8 Å². The van der Waals surface area contributed by atoms with E-state index in [1.165, 1.54) is 6.21 Å². The zero-order chi connectivity index (χ0) is 17.4. The highest BCUT2D eigenvalue weighted by molar-refractivity contribution is 5.91. The lowest BCUT2D eigenvalue weighted by Crippen LogP contribution is -2.24. The zero-order valence-electron chi connectivity index (χ0n) is 13.2. The summed E-state index contributed by atoms with van der Waals surface area (Å²) < 4.78 is 5.14. The number of benzene rings is 2. The normalized spacial score (nSPS) is 10.4.